The van der Waals surface area contributed by atoms with Gasteiger partial charge < -0.3 is 10.3 Å². The first kappa shape index (κ1) is 19.7. The first-order valence-corrected chi connectivity index (χ1v) is 11.7. The van der Waals surface area contributed by atoms with Crippen LogP contribution in [0.25, 0.3) is 11.0 Å². The van der Waals surface area contributed by atoms with E-state index in [1.54, 1.807) is 0 Å². The minimum atomic E-state index is 0.380. The van der Waals surface area contributed by atoms with Gasteiger partial charge in [0, 0.05) is 12.7 Å². The van der Waals surface area contributed by atoms with Crippen LogP contribution in [0.1, 0.15) is 67.2 Å². The van der Waals surface area contributed by atoms with E-state index in [0.29, 0.717) is 6.04 Å². The second-order valence-electron chi connectivity index (χ2n) is 8.84. The third-order valence-corrected chi connectivity index (χ3v) is 6.86. The number of imidazole rings is 1. The second kappa shape index (κ2) is 8.86. The second-order valence-corrected chi connectivity index (χ2v) is 8.84. The van der Waals surface area contributed by atoms with Crippen molar-refractivity contribution in [3.05, 3.63) is 59.2 Å². The maximum absolute atomic E-state index is 5.81. The molecule has 158 valence electrons. The van der Waals surface area contributed by atoms with Gasteiger partial charge in [-0.15, -0.1) is 0 Å². The van der Waals surface area contributed by atoms with E-state index < -0.39 is 0 Å². The van der Waals surface area contributed by atoms with Crippen LogP contribution in [-0.2, 0) is 25.9 Å². The zero-order valence-electron chi connectivity index (χ0n) is 17.9. The van der Waals surface area contributed by atoms with Gasteiger partial charge in [0.25, 0.3) is 0 Å². The van der Waals surface area contributed by atoms with Gasteiger partial charge in [-0.2, -0.15) is 0 Å². The molecule has 0 saturated carbocycles. The number of rotatable bonds is 7. The highest BCUT2D eigenvalue weighted by molar-refractivity contribution is 5.80. The van der Waals surface area contributed by atoms with Crippen molar-refractivity contribution < 1.29 is 0 Å². The van der Waals surface area contributed by atoms with Crippen LogP contribution in [0.2, 0.25) is 0 Å². The van der Waals surface area contributed by atoms with Crippen LogP contribution in [0.3, 0.4) is 0 Å². The standard InChI is InChI=1S/C25H33N5/c26-14-2-4-16-29(22-13-6-9-19-11-7-15-27-24(19)22)18-23-28-21-12-5-10-20-8-1-3-17-30(23)25(20)21/h5,7,10-12,15,22H,1-4,6,8-9,13-14,16-18,26H2. The molecule has 1 atom stereocenters. The number of pyridine rings is 1. The predicted octanol–water partition coefficient (Wildman–Crippen LogP) is 4.39. The predicted molar refractivity (Wildman–Crippen MR) is 121 cm³/mol. The molecule has 1 aliphatic carbocycles. The molecule has 5 nitrogen and oxygen atoms in total. The van der Waals surface area contributed by atoms with Crippen LogP contribution in [0.15, 0.2) is 36.5 Å². The number of nitrogens with zero attached hydrogens (tertiary/aromatic N) is 4. The van der Waals surface area contributed by atoms with Crippen LogP contribution < -0.4 is 5.73 Å². The SMILES string of the molecule is NCCCCN(Cc1nc2cccc3c2n1CCCC3)C1CCCc2cccnc21. The molecular formula is C25H33N5. The molecule has 0 saturated heterocycles. The number of aryl methyl sites for hydroxylation is 3. The first-order valence-electron chi connectivity index (χ1n) is 11.7. The average Bonchev–Trinajstić information content (AvgIpc) is 2.98. The molecule has 0 radical (unpaired) electrons. The quantitative estimate of drug-likeness (QED) is 0.595. The van der Waals surface area contributed by atoms with E-state index in [-0.39, 0.29) is 0 Å². The summed E-state index contributed by atoms with van der Waals surface area (Å²) in [7, 11) is 0. The van der Waals surface area contributed by atoms with Gasteiger partial charge in [-0.25, -0.2) is 4.98 Å². The molecule has 0 spiro atoms. The molecular weight excluding hydrogens is 370 g/mol. The molecule has 5 heteroatoms. The van der Waals surface area contributed by atoms with Crippen molar-refractivity contribution in [1.29, 1.82) is 0 Å². The Balaban J connectivity index is 1.50. The number of nitrogens with two attached hydrogens (primary N) is 1. The van der Waals surface area contributed by atoms with Crippen LogP contribution in [0.5, 0.6) is 0 Å². The lowest BCUT2D eigenvalue weighted by molar-refractivity contribution is 0.157. The van der Waals surface area contributed by atoms with Gasteiger partial charge >= 0.3 is 0 Å². The van der Waals surface area contributed by atoms with E-state index in [1.165, 1.54) is 60.3 Å². The molecule has 2 aromatic heterocycles. The Morgan fingerprint density at radius 2 is 1.93 bits per heavy atom. The summed E-state index contributed by atoms with van der Waals surface area (Å²) < 4.78 is 2.51. The number of hydrogen-bond acceptors (Lipinski definition) is 4. The van der Waals surface area contributed by atoms with Crippen molar-refractivity contribution in [2.45, 2.75) is 70.5 Å². The van der Waals surface area contributed by atoms with Crippen LogP contribution in [0.4, 0.5) is 0 Å². The van der Waals surface area contributed by atoms with Crippen molar-refractivity contribution in [1.82, 2.24) is 19.4 Å². The summed E-state index contributed by atoms with van der Waals surface area (Å²) in [4.78, 5) is 12.6. The molecule has 3 heterocycles. The molecule has 5 rings (SSSR count). The van der Waals surface area contributed by atoms with E-state index in [4.69, 9.17) is 15.7 Å². The van der Waals surface area contributed by atoms with Crippen molar-refractivity contribution in [3.63, 3.8) is 0 Å². The van der Waals surface area contributed by atoms with Gasteiger partial charge in [0.05, 0.1) is 29.3 Å². The highest BCUT2D eigenvalue weighted by Crippen LogP contribution is 2.35. The summed E-state index contributed by atoms with van der Waals surface area (Å²) in [5, 5.41) is 0. The lowest BCUT2D eigenvalue weighted by Gasteiger charge is -2.35. The van der Waals surface area contributed by atoms with E-state index in [0.717, 1.165) is 51.0 Å². The Morgan fingerprint density at radius 1 is 1.03 bits per heavy atom. The highest BCUT2D eigenvalue weighted by atomic mass is 15.2. The summed E-state index contributed by atoms with van der Waals surface area (Å²) >= 11 is 0. The van der Waals surface area contributed by atoms with E-state index >= 15 is 0 Å². The lowest BCUT2D eigenvalue weighted by Crippen LogP contribution is -2.33. The third kappa shape index (κ3) is 3.77. The minimum Gasteiger partial charge on any atom is -0.330 e. The monoisotopic (exact) mass is 403 g/mol. The molecule has 0 fully saturated rings. The van der Waals surface area contributed by atoms with Crippen LogP contribution in [0, 0.1) is 0 Å². The minimum absolute atomic E-state index is 0.380. The number of fused-ring (bicyclic) bond motifs is 1. The fourth-order valence-corrected chi connectivity index (χ4v) is 5.38. The van der Waals surface area contributed by atoms with Crippen molar-refractivity contribution >= 4 is 11.0 Å². The van der Waals surface area contributed by atoms with Crippen molar-refractivity contribution in [2.75, 3.05) is 13.1 Å². The summed E-state index contributed by atoms with van der Waals surface area (Å²) in [6, 6.07) is 11.4. The molecule has 1 aliphatic heterocycles. The molecule has 1 unspecified atom stereocenters. The van der Waals surface area contributed by atoms with Gasteiger partial charge in [0.1, 0.15) is 5.82 Å². The third-order valence-electron chi connectivity index (χ3n) is 6.86. The lowest BCUT2D eigenvalue weighted by atomic mass is 9.90. The molecule has 30 heavy (non-hydrogen) atoms. The zero-order valence-corrected chi connectivity index (χ0v) is 17.9. The normalized spacial score (nSPS) is 18.5. The molecule has 2 N–H and O–H groups in total. The molecule has 1 aromatic carbocycles. The Labute approximate surface area is 179 Å². The van der Waals surface area contributed by atoms with Crippen LogP contribution in [-0.4, -0.2) is 32.5 Å². The maximum Gasteiger partial charge on any atom is 0.124 e. The largest absolute Gasteiger partial charge is 0.330 e. The molecule has 0 bridgehead atoms. The number of hydrogen-bond donors (Lipinski definition) is 1. The Bertz CT molecular complexity index is 1010. The van der Waals surface area contributed by atoms with Crippen molar-refractivity contribution in [3.8, 4) is 0 Å². The Morgan fingerprint density at radius 3 is 2.87 bits per heavy atom. The topological polar surface area (TPSA) is 60.0 Å². The highest BCUT2D eigenvalue weighted by Gasteiger charge is 2.28. The fourth-order valence-electron chi connectivity index (χ4n) is 5.38. The maximum atomic E-state index is 5.81. The van der Waals surface area contributed by atoms with Gasteiger partial charge in [-0.1, -0.05) is 18.2 Å². The van der Waals surface area contributed by atoms with Crippen LogP contribution >= 0.6 is 0 Å². The fraction of sp³-hybridized carbons (Fsp3) is 0.520. The smallest absolute Gasteiger partial charge is 0.124 e. The van der Waals surface area contributed by atoms with Crippen molar-refractivity contribution in [2.24, 2.45) is 5.73 Å². The zero-order chi connectivity index (χ0) is 20.3. The van der Waals surface area contributed by atoms with Gasteiger partial charge in [-0.3, -0.25) is 9.88 Å². The van der Waals surface area contributed by atoms with E-state index in [2.05, 4.69) is 39.8 Å². The summed E-state index contributed by atoms with van der Waals surface area (Å²) in [5.41, 5.74) is 12.5. The van der Waals surface area contributed by atoms with Gasteiger partial charge in [0.2, 0.25) is 0 Å². The number of aromatic nitrogens is 3. The summed E-state index contributed by atoms with van der Waals surface area (Å²) in [5.74, 6) is 1.22. The number of unbranched alkanes of at least 4 members (excludes halogenated alkanes) is 1. The van der Waals surface area contributed by atoms with E-state index in [1.807, 2.05) is 6.20 Å². The average molecular weight is 404 g/mol. The van der Waals surface area contributed by atoms with E-state index in [9.17, 15) is 0 Å². The summed E-state index contributed by atoms with van der Waals surface area (Å²) in [6.45, 7) is 3.78. The molecule has 0 amide bonds. The number of benzene rings is 1. The molecule has 2 aliphatic rings. The Hall–Kier alpha value is -2.24. The van der Waals surface area contributed by atoms with Gasteiger partial charge in [0.15, 0.2) is 0 Å². The Kier molecular flexibility index (Phi) is 5.82. The molecule has 3 aromatic rings. The first-order chi connectivity index (χ1) is 14.8. The summed E-state index contributed by atoms with van der Waals surface area (Å²) in [6.07, 6.45) is 11.4. The van der Waals surface area contributed by atoms with Gasteiger partial charge in [-0.05, 0) is 87.7 Å². The number of para-hydroxylation sites is 1.